The van der Waals surface area contributed by atoms with Gasteiger partial charge < -0.3 is 14.4 Å². The van der Waals surface area contributed by atoms with Gasteiger partial charge in [0.1, 0.15) is 0 Å². The molecule has 3 nitrogen and oxygen atoms in total. The summed E-state index contributed by atoms with van der Waals surface area (Å²) in [6, 6.07) is 66.5. The first-order valence-electron chi connectivity index (χ1n) is 18.5. The summed E-state index contributed by atoms with van der Waals surface area (Å²) in [5.41, 5.74) is 14.7. The van der Waals surface area contributed by atoms with Gasteiger partial charge in [0.05, 0.1) is 5.69 Å². The molecule has 1 heterocycles. The van der Waals surface area contributed by atoms with E-state index in [2.05, 4.69) is 195 Å². The van der Waals surface area contributed by atoms with Gasteiger partial charge in [-0.3, -0.25) is 0 Å². The molecule has 8 aromatic carbocycles. The molecule has 258 valence electrons. The van der Waals surface area contributed by atoms with Crippen LogP contribution in [0.25, 0.3) is 44.5 Å². The molecule has 8 aromatic rings. The highest BCUT2D eigenvalue weighted by atomic mass is 16.6. The van der Waals surface area contributed by atoms with Gasteiger partial charge in [-0.1, -0.05) is 153 Å². The number of benzene rings is 8. The Kier molecular flexibility index (Phi) is 7.48. The summed E-state index contributed by atoms with van der Waals surface area (Å²) in [6.45, 7) is 4.58. The lowest BCUT2D eigenvalue weighted by Crippen LogP contribution is -2.15. The summed E-state index contributed by atoms with van der Waals surface area (Å²) in [6.07, 6.45) is 0. The molecule has 0 aromatic heterocycles. The first-order chi connectivity index (χ1) is 26.5. The summed E-state index contributed by atoms with van der Waals surface area (Å²) < 4.78 is 13.5. The Morgan fingerprint density at radius 2 is 0.944 bits per heavy atom. The molecule has 0 saturated carbocycles. The molecule has 2 aliphatic rings. The number of para-hydroxylation sites is 2. The number of ether oxygens (including phenoxy) is 2. The van der Waals surface area contributed by atoms with Crippen molar-refractivity contribution in [3.05, 3.63) is 199 Å². The third kappa shape index (κ3) is 5.28. The normalized spacial score (nSPS) is 13.1. The zero-order valence-electron chi connectivity index (χ0n) is 30.2. The Balaban J connectivity index is 1.09. The molecule has 10 rings (SSSR count). The van der Waals surface area contributed by atoms with Crippen molar-refractivity contribution in [3.8, 4) is 67.5 Å². The molecule has 54 heavy (non-hydrogen) atoms. The standard InChI is InChI=1S/C51H37NO2/c1-51(2)44-27-11-9-25-42(44)43-32-48-49(33-45(43)51)54-50-41(26-15-29-47(50)53-48)37-21-14-23-39(31-37)52(38-22-13-20-36(30-38)34-16-5-3-6-17-34)46-28-12-10-24-40(46)35-18-7-4-8-19-35/h3-33H,1-2H3. The lowest BCUT2D eigenvalue weighted by atomic mass is 9.82. The molecule has 0 unspecified atom stereocenters. The van der Waals surface area contributed by atoms with E-state index in [1.807, 2.05) is 12.1 Å². The highest BCUT2D eigenvalue weighted by Gasteiger charge is 2.37. The molecule has 0 atom stereocenters. The highest BCUT2D eigenvalue weighted by molar-refractivity contribution is 5.91. The van der Waals surface area contributed by atoms with E-state index in [0.29, 0.717) is 5.75 Å². The summed E-state index contributed by atoms with van der Waals surface area (Å²) in [7, 11) is 0. The lowest BCUT2D eigenvalue weighted by Gasteiger charge is -2.29. The van der Waals surface area contributed by atoms with Gasteiger partial charge >= 0.3 is 0 Å². The van der Waals surface area contributed by atoms with Crippen LogP contribution < -0.4 is 14.4 Å². The van der Waals surface area contributed by atoms with E-state index in [9.17, 15) is 0 Å². The van der Waals surface area contributed by atoms with E-state index in [1.54, 1.807) is 0 Å². The highest BCUT2D eigenvalue weighted by Crippen LogP contribution is 2.56. The monoisotopic (exact) mass is 695 g/mol. The molecule has 0 radical (unpaired) electrons. The third-order valence-electron chi connectivity index (χ3n) is 10.9. The largest absolute Gasteiger partial charge is 0.449 e. The molecule has 0 saturated heterocycles. The average Bonchev–Trinajstić information content (AvgIpc) is 3.45. The Labute approximate surface area is 316 Å². The molecule has 1 aliphatic heterocycles. The number of hydrogen-bond donors (Lipinski definition) is 0. The van der Waals surface area contributed by atoms with Crippen molar-refractivity contribution in [1.82, 2.24) is 0 Å². The Morgan fingerprint density at radius 3 is 1.72 bits per heavy atom. The zero-order valence-corrected chi connectivity index (χ0v) is 30.2. The molecule has 0 amide bonds. The van der Waals surface area contributed by atoms with Crippen molar-refractivity contribution in [3.63, 3.8) is 0 Å². The fraction of sp³-hybridized carbons (Fsp3) is 0.0588. The van der Waals surface area contributed by atoms with Crippen LogP contribution >= 0.6 is 0 Å². The smallest absolute Gasteiger partial charge is 0.177 e. The Morgan fingerprint density at radius 1 is 0.370 bits per heavy atom. The predicted molar refractivity (Wildman–Crippen MR) is 222 cm³/mol. The number of fused-ring (bicyclic) bond motifs is 5. The second kappa shape index (κ2) is 12.7. The summed E-state index contributed by atoms with van der Waals surface area (Å²) in [5.74, 6) is 2.90. The van der Waals surface area contributed by atoms with Crippen LogP contribution in [-0.4, -0.2) is 0 Å². The van der Waals surface area contributed by atoms with Gasteiger partial charge in [0, 0.05) is 27.9 Å². The second-order valence-corrected chi connectivity index (χ2v) is 14.5. The summed E-state index contributed by atoms with van der Waals surface area (Å²) in [4.78, 5) is 2.36. The van der Waals surface area contributed by atoms with Gasteiger partial charge in [0.2, 0.25) is 0 Å². The predicted octanol–water partition coefficient (Wildman–Crippen LogP) is 14.4. The van der Waals surface area contributed by atoms with Crippen molar-refractivity contribution in [2.75, 3.05) is 4.90 Å². The van der Waals surface area contributed by atoms with Crippen LogP contribution in [0.15, 0.2) is 188 Å². The number of rotatable bonds is 6. The van der Waals surface area contributed by atoms with E-state index in [1.165, 1.54) is 27.8 Å². The van der Waals surface area contributed by atoms with Crippen molar-refractivity contribution in [2.24, 2.45) is 0 Å². The number of nitrogens with zero attached hydrogens (tertiary/aromatic N) is 1. The van der Waals surface area contributed by atoms with Crippen LogP contribution in [0.1, 0.15) is 25.0 Å². The van der Waals surface area contributed by atoms with Crippen LogP contribution in [0.4, 0.5) is 17.1 Å². The fourth-order valence-electron chi connectivity index (χ4n) is 8.25. The minimum absolute atomic E-state index is 0.143. The maximum atomic E-state index is 6.85. The van der Waals surface area contributed by atoms with Crippen molar-refractivity contribution >= 4 is 17.1 Å². The van der Waals surface area contributed by atoms with Crippen molar-refractivity contribution in [2.45, 2.75) is 19.3 Å². The second-order valence-electron chi connectivity index (χ2n) is 14.5. The van der Waals surface area contributed by atoms with Crippen LogP contribution in [0.3, 0.4) is 0 Å². The van der Waals surface area contributed by atoms with Crippen LogP contribution in [0, 0.1) is 0 Å². The van der Waals surface area contributed by atoms with Crippen molar-refractivity contribution < 1.29 is 9.47 Å². The Bertz CT molecular complexity index is 2700. The molecule has 0 spiro atoms. The van der Waals surface area contributed by atoms with Gasteiger partial charge in [0.25, 0.3) is 0 Å². The lowest BCUT2D eigenvalue weighted by molar-refractivity contribution is 0.360. The van der Waals surface area contributed by atoms with Gasteiger partial charge in [-0.15, -0.1) is 0 Å². The summed E-state index contributed by atoms with van der Waals surface area (Å²) >= 11 is 0. The number of anilines is 3. The first kappa shape index (κ1) is 31.9. The quantitative estimate of drug-likeness (QED) is 0.173. The fourth-order valence-corrected chi connectivity index (χ4v) is 8.25. The maximum Gasteiger partial charge on any atom is 0.177 e. The molecule has 0 bridgehead atoms. The van der Waals surface area contributed by atoms with E-state index in [-0.39, 0.29) is 5.41 Å². The van der Waals surface area contributed by atoms with Gasteiger partial charge in [-0.25, -0.2) is 0 Å². The first-order valence-corrected chi connectivity index (χ1v) is 18.5. The minimum atomic E-state index is -0.143. The van der Waals surface area contributed by atoms with E-state index < -0.39 is 0 Å². The average molecular weight is 696 g/mol. The maximum absolute atomic E-state index is 6.85. The molecule has 0 N–H and O–H groups in total. The summed E-state index contributed by atoms with van der Waals surface area (Å²) in [5, 5.41) is 0. The van der Waals surface area contributed by atoms with E-state index in [0.717, 1.165) is 62.1 Å². The molecule has 0 fully saturated rings. The van der Waals surface area contributed by atoms with Gasteiger partial charge in [-0.05, 0) is 93.0 Å². The van der Waals surface area contributed by atoms with Crippen LogP contribution in [0.2, 0.25) is 0 Å². The Hall–Kier alpha value is -6.84. The molecular weight excluding hydrogens is 659 g/mol. The van der Waals surface area contributed by atoms with Crippen LogP contribution in [0.5, 0.6) is 23.0 Å². The zero-order chi connectivity index (χ0) is 36.2. The third-order valence-corrected chi connectivity index (χ3v) is 10.9. The van der Waals surface area contributed by atoms with E-state index in [4.69, 9.17) is 9.47 Å². The number of hydrogen-bond acceptors (Lipinski definition) is 3. The SMILES string of the molecule is CC1(C)c2ccccc2-c2cc3c(cc21)Oc1c(cccc1-c1cccc(N(c2cccc(-c4ccccc4)c2)c2ccccc2-c2ccccc2)c1)O3. The topological polar surface area (TPSA) is 21.7 Å². The minimum Gasteiger partial charge on any atom is -0.449 e. The van der Waals surface area contributed by atoms with Gasteiger partial charge in [0.15, 0.2) is 23.0 Å². The van der Waals surface area contributed by atoms with Crippen molar-refractivity contribution in [1.29, 1.82) is 0 Å². The van der Waals surface area contributed by atoms with E-state index >= 15 is 0 Å². The van der Waals surface area contributed by atoms with Gasteiger partial charge in [-0.2, -0.15) is 0 Å². The van der Waals surface area contributed by atoms with Crippen LogP contribution in [-0.2, 0) is 5.41 Å². The molecular formula is C51H37NO2. The molecule has 3 heteroatoms. The molecule has 1 aliphatic carbocycles.